The minimum absolute atomic E-state index is 0.00832. The van der Waals surface area contributed by atoms with Crippen LogP contribution < -0.4 is 11.1 Å². The van der Waals surface area contributed by atoms with Crippen molar-refractivity contribution in [1.82, 2.24) is 20.4 Å². The molecular formula is C14H19N5O2S. The van der Waals surface area contributed by atoms with Crippen molar-refractivity contribution in [3.8, 4) is 0 Å². The lowest BCUT2D eigenvalue weighted by Crippen LogP contribution is -2.42. The molecule has 118 valence electrons. The average molecular weight is 321 g/mol. The number of hydrogen-bond donors (Lipinski definition) is 2. The lowest BCUT2D eigenvalue weighted by atomic mass is 9.97. The van der Waals surface area contributed by atoms with Crippen LogP contribution in [0.15, 0.2) is 22.8 Å². The molecule has 7 nitrogen and oxygen atoms in total. The first-order valence-corrected chi connectivity index (χ1v) is 8.12. The van der Waals surface area contributed by atoms with E-state index in [-0.39, 0.29) is 11.8 Å². The molecule has 1 atom stereocenters. The molecule has 3 rings (SSSR count). The molecule has 2 aromatic rings. The maximum absolute atomic E-state index is 12.3. The van der Waals surface area contributed by atoms with Gasteiger partial charge in [-0.05, 0) is 31.5 Å². The second-order valence-corrected chi connectivity index (χ2v) is 6.50. The lowest BCUT2D eigenvalue weighted by Gasteiger charge is -2.31. The summed E-state index contributed by atoms with van der Waals surface area (Å²) in [6.45, 7) is 2.90. The predicted molar refractivity (Wildman–Crippen MR) is 82.9 cm³/mol. The molecule has 3 heterocycles. The van der Waals surface area contributed by atoms with Crippen LogP contribution in [0.2, 0.25) is 0 Å². The SMILES string of the molecule is Nc1nnc(CNC(=O)[C@H]2CCCN(Cc3ccco3)C2)s1. The van der Waals surface area contributed by atoms with Gasteiger partial charge in [0.15, 0.2) is 0 Å². The zero-order valence-corrected chi connectivity index (χ0v) is 13.0. The highest BCUT2D eigenvalue weighted by Crippen LogP contribution is 2.19. The highest BCUT2D eigenvalue weighted by Gasteiger charge is 2.26. The van der Waals surface area contributed by atoms with Crippen LogP contribution in [-0.2, 0) is 17.9 Å². The van der Waals surface area contributed by atoms with Gasteiger partial charge in [0.2, 0.25) is 11.0 Å². The third-order valence-electron chi connectivity index (χ3n) is 3.73. The first kappa shape index (κ1) is 15.0. The number of aromatic nitrogens is 2. The minimum Gasteiger partial charge on any atom is -0.468 e. The zero-order valence-electron chi connectivity index (χ0n) is 12.2. The Morgan fingerprint density at radius 1 is 1.55 bits per heavy atom. The Balaban J connectivity index is 1.49. The third-order valence-corrected chi connectivity index (χ3v) is 4.48. The third kappa shape index (κ3) is 3.83. The van der Waals surface area contributed by atoms with Crippen molar-refractivity contribution in [1.29, 1.82) is 0 Å². The topological polar surface area (TPSA) is 97.3 Å². The number of furan rings is 1. The number of carbonyl (C=O) groups is 1. The maximum Gasteiger partial charge on any atom is 0.224 e. The number of nitrogens with zero attached hydrogens (tertiary/aromatic N) is 3. The fourth-order valence-corrected chi connectivity index (χ4v) is 3.23. The zero-order chi connectivity index (χ0) is 15.4. The van der Waals surface area contributed by atoms with Crippen molar-refractivity contribution < 1.29 is 9.21 Å². The Morgan fingerprint density at radius 3 is 3.18 bits per heavy atom. The largest absolute Gasteiger partial charge is 0.468 e. The number of carbonyl (C=O) groups excluding carboxylic acids is 1. The van der Waals surface area contributed by atoms with E-state index in [4.69, 9.17) is 10.2 Å². The van der Waals surface area contributed by atoms with Crippen molar-refractivity contribution in [2.75, 3.05) is 18.8 Å². The minimum atomic E-state index is 0.00832. The first-order valence-electron chi connectivity index (χ1n) is 7.31. The van der Waals surface area contributed by atoms with E-state index in [9.17, 15) is 4.79 Å². The molecule has 1 saturated heterocycles. The number of hydrogen-bond acceptors (Lipinski definition) is 7. The van der Waals surface area contributed by atoms with Crippen LogP contribution in [0.25, 0.3) is 0 Å². The van der Waals surface area contributed by atoms with Crippen molar-refractivity contribution in [2.24, 2.45) is 5.92 Å². The van der Waals surface area contributed by atoms with E-state index in [0.717, 1.165) is 43.2 Å². The summed E-state index contributed by atoms with van der Waals surface area (Å²) in [7, 11) is 0. The van der Waals surface area contributed by atoms with E-state index in [2.05, 4.69) is 20.4 Å². The number of amides is 1. The van der Waals surface area contributed by atoms with E-state index < -0.39 is 0 Å². The standard InChI is InChI=1S/C14H19N5O2S/c15-14-18-17-12(22-14)7-16-13(20)10-3-1-5-19(8-10)9-11-4-2-6-21-11/h2,4,6,10H,1,3,5,7-9H2,(H2,15,18)(H,16,20)/t10-/m0/s1. The molecule has 0 spiro atoms. The summed E-state index contributed by atoms with van der Waals surface area (Å²) in [5.41, 5.74) is 5.53. The van der Waals surface area contributed by atoms with E-state index in [1.807, 2.05) is 12.1 Å². The monoisotopic (exact) mass is 321 g/mol. The number of anilines is 1. The number of rotatable bonds is 5. The molecule has 1 amide bonds. The summed E-state index contributed by atoms with van der Waals surface area (Å²) in [6.07, 6.45) is 3.61. The molecule has 0 radical (unpaired) electrons. The van der Waals surface area contributed by atoms with Crippen molar-refractivity contribution in [3.63, 3.8) is 0 Å². The molecule has 0 aromatic carbocycles. The van der Waals surface area contributed by atoms with Gasteiger partial charge in [0.25, 0.3) is 0 Å². The molecule has 1 fully saturated rings. The van der Waals surface area contributed by atoms with Gasteiger partial charge in [-0.1, -0.05) is 11.3 Å². The fourth-order valence-electron chi connectivity index (χ4n) is 2.68. The van der Waals surface area contributed by atoms with Gasteiger partial charge in [0, 0.05) is 6.54 Å². The van der Waals surface area contributed by atoms with Crippen molar-refractivity contribution >= 4 is 22.4 Å². The van der Waals surface area contributed by atoms with E-state index in [1.54, 1.807) is 6.26 Å². The van der Waals surface area contributed by atoms with Crippen LogP contribution in [0.4, 0.5) is 5.13 Å². The fraction of sp³-hybridized carbons (Fsp3) is 0.500. The number of nitrogens with one attached hydrogen (secondary N) is 1. The predicted octanol–water partition coefficient (Wildman–Crippen LogP) is 1.24. The van der Waals surface area contributed by atoms with Crippen LogP contribution in [0.1, 0.15) is 23.6 Å². The Kier molecular flexibility index (Phi) is 4.69. The first-order chi connectivity index (χ1) is 10.7. The summed E-state index contributed by atoms with van der Waals surface area (Å²) < 4.78 is 5.37. The molecule has 0 aliphatic carbocycles. The molecule has 1 aliphatic heterocycles. The Bertz CT molecular complexity index is 613. The summed E-state index contributed by atoms with van der Waals surface area (Å²) >= 11 is 1.30. The summed E-state index contributed by atoms with van der Waals surface area (Å²) in [5.74, 6) is 1.01. The quantitative estimate of drug-likeness (QED) is 0.860. The van der Waals surface area contributed by atoms with Gasteiger partial charge in [0.1, 0.15) is 10.8 Å². The van der Waals surface area contributed by atoms with Crippen molar-refractivity contribution in [2.45, 2.75) is 25.9 Å². The van der Waals surface area contributed by atoms with E-state index >= 15 is 0 Å². The van der Waals surface area contributed by atoms with E-state index in [1.165, 1.54) is 11.3 Å². The molecule has 0 saturated carbocycles. The van der Waals surface area contributed by atoms with Crippen LogP contribution in [0, 0.1) is 5.92 Å². The average Bonchev–Trinajstić information content (AvgIpc) is 3.17. The van der Waals surface area contributed by atoms with Crippen LogP contribution in [0.3, 0.4) is 0 Å². The number of piperidine rings is 1. The Labute approximate surface area is 132 Å². The number of nitrogens with two attached hydrogens (primary N) is 1. The molecule has 8 heteroatoms. The van der Waals surface area contributed by atoms with Gasteiger partial charge >= 0.3 is 0 Å². The highest BCUT2D eigenvalue weighted by molar-refractivity contribution is 7.15. The Hall–Kier alpha value is -1.93. The van der Waals surface area contributed by atoms with Crippen molar-refractivity contribution in [3.05, 3.63) is 29.2 Å². The van der Waals surface area contributed by atoms with Gasteiger partial charge < -0.3 is 15.5 Å². The summed E-state index contributed by atoms with van der Waals surface area (Å²) in [6, 6.07) is 3.85. The second kappa shape index (κ2) is 6.89. The van der Waals surface area contributed by atoms with Crippen LogP contribution >= 0.6 is 11.3 Å². The van der Waals surface area contributed by atoms with Crippen LogP contribution in [0.5, 0.6) is 0 Å². The van der Waals surface area contributed by atoms with Gasteiger partial charge in [-0.15, -0.1) is 10.2 Å². The smallest absolute Gasteiger partial charge is 0.224 e. The number of likely N-dealkylation sites (tertiary alicyclic amines) is 1. The lowest BCUT2D eigenvalue weighted by molar-refractivity contribution is -0.127. The van der Waals surface area contributed by atoms with Gasteiger partial charge in [-0.3, -0.25) is 9.69 Å². The van der Waals surface area contributed by atoms with E-state index in [0.29, 0.717) is 11.7 Å². The Morgan fingerprint density at radius 2 is 2.45 bits per heavy atom. The molecular weight excluding hydrogens is 302 g/mol. The summed E-state index contributed by atoms with van der Waals surface area (Å²) in [4.78, 5) is 14.5. The van der Waals surface area contributed by atoms with Gasteiger partial charge in [0.05, 0.1) is 25.3 Å². The molecule has 2 aromatic heterocycles. The number of nitrogen functional groups attached to an aromatic ring is 1. The highest BCUT2D eigenvalue weighted by atomic mass is 32.1. The summed E-state index contributed by atoms with van der Waals surface area (Å²) in [5, 5.41) is 11.7. The van der Waals surface area contributed by atoms with Gasteiger partial charge in [-0.25, -0.2) is 0 Å². The normalized spacial score (nSPS) is 19.2. The van der Waals surface area contributed by atoms with Crippen LogP contribution in [-0.4, -0.2) is 34.1 Å². The maximum atomic E-state index is 12.3. The molecule has 1 aliphatic rings. The molecule has 0 unspecified atom stereocenters. The molecule has 3 N–H and O–H groups in total. The molecule has 22 heavy (non-hydrogen) atoms. The van der Waals surface area contributed by atoms with Gasteiger partial charge in [-0.2, -0.15) is 0 Å². The second-order valence-electron chi connectivity index (χ2n) is 5.41. The molecule has 0 bridgehead atoms.